The van der Waals surface area contributed by atoms with Crippen LogP contribution in [-0.4, -0.2) is 0 Å². The molecule has 6 aromatic carbocycles. The number of fused-ring (bicyclic) bond motifs is 4. The van der Waals surface area contributed by atoms with Crippen molar-refractivity contribution in [1.29, 1.82) is 0 Å². The first kappa shape index (κ1) is 20.7. The van der Waals surface area contributed by atoms with E-state index in [1.807, 2.05) is 0 Å². The number of para-hydroxylation sites is 1. The lowest BCUT2D eigenvalue weighted by Crippen LogP contribution is -2.10. The molecule has 7 rings (SSSR count). The first-order valence-corrected chi connectivity index (χ1v) is 12.5. The highest BCUT2D eigenvalue weighted by Crippen LogP contribution is 2.48. The summed E-state index contributed by atoms with van der Waals surface area (Å²) in [5, 5.41) is 2.48. The average molecular weight is 460 g/mol. The van der Waals surface area contributed by atoms with Crippen LogP contribution in [0.1, 0.15) is 22.6 Å². The summed E-state index contributed by atoms with van der Waals surface area (Å²) in [5.74, 6) is 0.259. The molecule has 0 aliphatic heterocycles. The fraction of sp³-hybridized carbons (Fsp3) is 0.0286. The minimum Gasteiger partial charge on any atom is -0.310 e. The summed E-state index contributed by atoms with van der Waals surface area (Å²) in [6.45, 7) is 0. The monoisotopic (exact) mass is 459 g/mol. The molecule has 36 heavy (non-hydrogen) atoms. The van der Waals surface area contributed by atoms with E-state index >= 15 is 0 Å². The van der Waals surface area contributed by atoms with Crippen molar-refractivity contribution < 1.29 is 0 Å². The van der Waals surface area contributed by atoms with Gasteiger partial charge in [0, 0.05) is 22.7 Å². The maximum absolute atomic E-state index is 2.36. The van der Waals surface area contributed by atoms with E-state index in [2.05, 4.69) is 150 Å². The maximum Gasteiger partial charge on any atom is 0.0540 e. The lowest BCUT2D eigenvalue weighted by Gasteiger charge is -2.27. The standard InChI is InChI=1S/C35H25N/c1-2-13-27(14-3-1)36(34-20-10-12-25-11-4-5-15-29(25)34)28-23-21-26(22-24-28)35-32-18-8-6-16-30(32)31-17-7-9-19-33(31)35/h1-24,35H. The van der Waals surface area contributed by atoms with E-state index in [1.54, 1.807) is 0 Å². The van der Waals surface area contributed by atoms with Crippen molar-refractivity contribution in [2.24, 2.45) is 0 Å². The molecule has 0 aromatic heterocycles. The van der Waals surface area contributed by atoms with Gasteiger partial charge in [0.05, 0.1) is 5.69 Å². The van der Waals surface area contributed by atoms with Gasteiger partial charge in [-0.1, -0.05) is 115 Å². The van der Waals surface area contributed by atoms with Gasteiger partial charge in [0.2, 0.25) is 0 Å². The molecule has 0 heterocycles. The summed E-state index contributed by atoms with van der Waals surface area (Å²) in [4.78, 5) is 2.36. The molecule has 1 heteroatoms. The van der Waals surface area contributed by atoms with Gasteiger partial charge < -0.3 is 4.90 Å². The van der Waals surface area contributed by atoms with Crippen molar-refractivity contribution in [2.45, 2.75) is 5.92 Å². The van der Waals surface area contributed by atoms with Crippen LogP contribution in [0.15, 0.2) is 146 Å². The smallest absolute Gasteiger partial charge is 0.0540 e. The number of benzene rings is 6. The lowest BCUT2D eigenvalue weighted by atomic mass is 9.89. The Morgan fingerprint density at radius 2 is 0.972 bits per heavy atom. The van der Waals surface area contributed by atoms with Gasteiger partial charge in [0.25, 0.3) is 0 Å². The highest BCUT2D eigenvalue weighted by atomic mass is 15.1. The van der Waals surface area contributed by atoms with Gasteiger partial charge in [-0.2, -0.15) is 0 Å². The van der Waals surface area contributed by atoms with Crippen LogP contribution in [0.25, 0.3) is 21.9 Å². The summed E-state index contributed by atoms with van der Waals surface area (Å²) < 4.78 is 0. The van der Waals surface area contributed by atoms with E-state index < -0.39 is 0 Å². The van der Waals surface area contributed by atoms with Crippen molar-refractivity contribution in [3.05, 3.63) is 162 Å². The Morgan fingerprint density at radius 3 is 1.69 bits per heavy atom. The van der Waals surface area contributed by atoms with Crippen molar-refractivity contribution in [1.82, 2.24) is 0 Å². The van der Waals surface area contributed by atoms with E-state index in [0.717, 1.165) is 11.4 Å². The quantitative estimate of drug-likeness (QED) is 0.253. The second-order valence-corrected chi connectivity index (χ2v) is 9.37. The van der Waals surface area contributed by atoms with Crippen LogP contribution in [0.4, 0.5) is 17.1 Å². The molecule has 0 saturated carbocycles. The molecule has 0 bridgehead atoms. The van der Waals surface area contributed by atoms with E-state index in [9.17, 15) is 0 Å². The topological polar surface area (TPSA) is 3.24 Å². The number of anilines is 3. The minimum atomic E-state index is 0.259. The molecule has 0 radical (unpaired) electrons. The molecule has 0 atom stereocenters. The Bertz CT molecular complexity index is 1630. The summed E-state index contributed by atoms with van der Waals surface area (Å²) in [6, 6.07) is 52.6. The molecule has 0 N–H and O–H groups in total. The van der Waals surface area contributed by atoms with E-state index in [4.69, 9.17) is 0 Å². The average Bonchev–Trinajstić information content (AvgIpc) is 3.29. The lowest BCUT2D eigenvalue weighted by molar-refractivity contribution is 1.01. The van der Waals surface area contributed by atoms with Gasteiger partial charge >= 0.3 is 0 Å². The Kier molecular flexibility index (Phi) is 4.92. The highest BCUT2D eigenvalue weighted by molar-refractivity contribution is 5.98. The normalized spacial score (nSPS) is 12.3. The highest BCUT2D eigenvalue weighted by Gasteiger charge is 2.29. The number of nitrogens with zero attached hydrogens (tertiary/aromatic N) is 1. The van der Waals surface area contributed by atoms with Gasteiger partial charge in [-0.25, -0.2) is 0 Å². The largest absolute Gasteiger partial charge is 0.310 e. The van der Waals surface area contributed by atoms with E-state index in [-0.39, 0.29) is 5.92 Å². The van der Waals surface area contributed by atoms with Gasteiger partial charge in [0.15, 0.2) is 0 Å². The Morgan fingerprint density at radius 1 is 0.417 bits per heavy atom. The van der Waals surface area contributed by atoms with Gasteiger partial charge in [-0.15, -0.1) is 0 Å². The molecule has 0 fully saturated rings. The molecule has 0 spiro atoms. The van der Waals surface area contributed by atoms with Crippen LogP contribution in [0.5, 0.6) is 0 Å². The fourth-order valence-corrected chi connectivity index (χ4v) is 5.74. The maximum atomic E-state index is 2.36. The van der Waals surface area contributed by atoms with Gasteiger partial charge in [0.1, 0.15) is 0 Å². The predicted octanol–water partition coefficient (Wildman–Crippen LogP) is 9.47. The molecule has 1 aliphatic carbocycles. The molecule has 0 amide bonds. The second-order valence-electron chi connectivity index (χ2n) is 9.37. The Labute approximate surface area is 211 Å². The van der Waals surface area contributed by atoms with E-state index in [0.29, 0.717) is 0 Å². The van der Waals surface area contributed by atoms with Crippen LogP contribution in [-0.2, 0) is 0 Å². The van der Waals surface area contributed by atoms with Gasteiger partial charge in [-0.3, -0.25) is 0 Å². The molecular weight excluding hydrogens is 434 g/mol. The zero-order valence-electron chi connectivity index (χ0n) is 19.9. The Hall–Kier alpha value is -4.62. The third-order valence-corrected chi connectivity index (χ3v) is 7.34. The third-order valence-electron chi connectivity index (χ3n) is 7.34. The van der Waals surface area contributed by atoms with Crippen LogP contribution in [0.3, 0.4) is 0 Å². The van der Waals surface area contributed by atoms with E-state index in [1.165, 1.54) is 44.3 Å². The predicted molar refractivity (Wildman–Crippen MR) is 151 cm³/mol. The van der Waals surface area contributed by atoms with Crippen LogP contribution < -0.4 is 4.90 Å². The SMILES string of the molecule is c1ccc(N(c2ccc(C3c4ccccc4-c4ccccc43)cc2)c2cccc3ccccc23)cc1. The number of hydrogen-bond acceptors (Lipinski definition) is 1. The number of hydrogen-bond donors (Lipinski definition) is 0. The summed E-state index contributed by atoms with van der Waals surface area (Å²) >= 11 is 0. The Balaban J connectivity index is 1.36. The summed E-state index contributed by atoms with van der Waals surface area (Å²) in [6.07, 6.45) is 0. The number of rotatable bonds is 4. The summed E-state index contributed by atoms with van der Waals surface area (Å²) in [5.41, 5.74) is 10.3. The molecular formula is C35H25N. The van der Waals surface area contributed by atoms with Crippen molar-refractivity contribution in [3.63, 3.8) is 0 Å². The first-order valence-electron chi connectivity index (χ1n) is 12.5. The molecule has 170 valence electrons. The second kappa shape index (κ2) is 8.55. The third kappa shape index (κ3) is 3.32. The zero-order chi connectivity index (χ0) is 23.9. The molecule has 1 aliphatic rings. The molecule has 1 nitrogen and oxygen atoms in total. The summed E-state index contributed by atoms with van der Waals surface area (Å²) in [7, 11) is 0. The van der Waals surface area contributed by atoms with Crippen LogP contribution >= 0.6 is 0 Å². The zero-order valence-corrected chi connectivity index (χ0v) is 19.9. The van der Waals surface area contributed by atoms with Crippen LogP contribution in [0.2, 0.25) is 0 Å². The van der Waals surface area contributed by atoms with Crippen molar-refractivity contribution >= 4 is 27.8 Å². The minimum absolute atomic E-state index is 0.259. The first-order chi connectivity index (χ1) is 17.9. The molecule has 0 unspecified atom stereocenters. The van der Waals surface area contributed by atoms with Crippen molar-refractivity contribution in [3.8, 4) is 11.1 Å². The van der Waals surface area contributed by atoms with Crippen LogP contribution in [0, 0.1) is 0 Å². The van der Waals surface area contributed by atoms with Crippen molar-refractivity contribution in [2.75, 3.05) is 4.90 Å². The molecule has 6 aromatic rings. The fourth-order valence-electron chi connectivity index (χ4n) is 5.74. The molecule has 0 saturated heterocycles. The van der Waals surface area contributed by atoms with Gasteiger partial charge in [-0.05, 0) is 63.5 Å².